The second-order valence-electron chi connectivity index (χ2n) is 6.18. The lowest BCUT2D eigenvalue weighted by atomic mass is 9.95. The van der Waals surface area contributed by atoms with Crippen LogP contribution in [0.25, 0.3) is 0 Å². The standard InChI is InChI=1S/C16H26N2O2/c1-16(2,3)12-18(15(19)11-17)10-9-13-5-7-14(20-4)8-6-13/h5-8H,9-12,17H2,1-4H3. The van der Waals surface area contributed by atoms with Gasteiger partial charge in [-0.1, -0.05) is 32.9 Å². The fourth-order valence-electron chi connectivity index (χ4n) is 2.05. The Labute approximate surface area is 121 Å². The van der Waals surface area contributed by atoms with E-state index >= 15 is 0 Å². The molecule has 4 heteroatoms. The normalized spacial score (nSPS) is 11.2. The largest absolute Gasteiger partial charge is 0.497 e. The lowest BCUT2D eigenvalue weighted by molar-refractivity contribution is -0.130. The number of rotatable bonds is 6. The highest BCUT2D eigenvalue weighted by atomic mass is 16.5. The smallest absolute Gasteiger partial charge is 0.236 e. The number of hydrogen-bond acceptors (Lipinski definition) is 3. The monoisotopic (exact) mass is 278 g/mol. The maximum absolute atomic E-state index is 11.9. The van der Waals surface area contributed by atoms with Gasteiger partial charge in [-0.3, -0.25) is 4.79 Å². The average molecular weight is 278 g/mol. The molecule has 112 valence electrons. The Hall–Kier alpha value is -1.55. The van der Waals surface area contributed by atoms with E-state index in [9.17, 15) is 4.79 Å². The number of nitrogens with two attached hydrogens (primary N) is 1. The third-order valence-corrected chi connectivity index (χ3v) is 3.02. The van der Waals surface area contributed by atoms with Crippen molar-refractivity contribution in [1.82, 2.24) is 4.90 Å². The molecule has 1 rings (SSSR count). The number of carbonyl (C=O) groups excluding carboxylic acids is 1. The summed E-state index contributed by atoms with van der Waals surface area (Å²) < 4.78 is 5.14. The lowest BCUT2D eigenvalue weighted by Gasteiger charge is -2.30. The summed E-state index contributed by atoms with van der Waals surface area (Å²) >= 11 is 0. The first-order chi connectivity index (χ1) is 9.35. The van der Waals surface area contributed by atoms with E-state index in [0.29, 0.717) is 6.54 Å². The zero-order valence-corrected chi connectivity index (χ0v) is 13.0. The highest BCUT2D eigenvalue weighted by molar-refractivity contribution is 5.78. The molecule has 0 spiro atoms. The van der Waals surface area contributed by atoms with Gasteiger partial charge in [0.25, 0.3) is 0 Å². The summed E-state index contributed by atoms with van der Waals surface area (Å²) in [6.07, 6.45) is 0.825. The van der Waals surface area contributed by atoms with Gasteiger partial charge >= 0.3 is 0 Å². The van der Waals surface area contributed by atoms with E-state index in [2.05, 4.69) is 20.8 Å². The Morgan fingerprint density at radius 3 is 2.30 bits per heavy atom. The Kier molecular flexibility index (Phi) is 6.02. The van der Waals surface area contributed by atoms with Crippen molar-refractivity contribution >= 4 is 5.91 Å². The summed E-state index contributed by atoms with van der Waals surface area (Å²) in [5.74, 6) is 0.853. The first kappa shape index (κ1) is 16.5. The molecule has 0 aliphatic heterocycles. The molecule has 4 nitrogen and oxygen atoms in total. The van der Waals surface area contributed by atoms with Crippen LogP contribution in [0.2, 0.25) is 0 Å². The van der Waals surface area contributed by atoms with Gasteiger partial charge in [0, 0.05) is 13.1 Å². The maximum Gasteiger partial charge on any atom is 0.236 e. The third kappa shape index (κ3) is 5.61. The fourth-order valence-corrected chi connectivity index (χ4v) is 2.05. The van der Waals surface area contributed by atoms with Crippen molar-refractivity contribution in [3.63, 3.8) is 0 Å². The second-order valence-corrected chi connectivity index (χ2v) is 6.18. The summed E-state index contributed by atoms with van der Waals surface area (Å²) in [6, 6.07) is 7.93. The third-order valence-electron chi connectivity index (χ3n) is 3.02. The summed E-state index contributed by atoms with van der Waals surface area (Å²) in [5, 5.41) is 0. The molecule has 2 N–H and O–H groups in total. The molecule has 20 heavy (non-hydrogen) atoms. The van der Waals surface area contributed by atoms with E-state index < -0.39 is 0 Å². The molecular weight excluding hydrogens is 252 g/mol. The van der Waals surface area contributed by atoms with E-state index in [1.807, 2.05) is 29.2 Å². The number of hydrogen-bond donors (Lipinski definition) is 1. The SMILES string of the molecule is COc1ccc(CCN(CC(C)(C)C)C(=O)CN)cc1. The quantitative estimate of drug-likeness (QED) is 0.866. The zero-order chi connectivity index (χ0) is 15.2. The van der Waals surface area contributed by atoms with Crippen molar-refractivity contribution in [2.24, 2.45) is 11.1 Å². The van der Waals surface area contributed by atoms with Crippen molar-refractivity contribution in [1.29, 1.82) is 0 Å². The van der Waals surface area contributed by atoms with Gasteiger partial charge in [0.2, 0.25) is 5.91 Å². The number of carbonyl (C=O) groups is 1. The molecule has 0 saturated heterocycles. The van der Waals surface area contributed by atoms with Gasteiger partial charge in [0.05, 0.1) is 13.7 Å². The van der Waals surface area contributed by atoms with Crippen LogP contribution in [0.3, 0.4) is 0 Å². The number of amides is 1. The Morgan fingerprint density at radius 1 is 1.25 bits per heavy atom. The van der Waals surface area contributed by atoms with Crippen LogP contribution < -0.4 is 10.5 Å². The number of ether oxygens (including phenoxy) is 1. The molecule has 1 amide bonds. The van der Waals surface area contributed by atoms with Crippen LogP contribution in [-0.2, 0) is 11.2 Å². The molecular formula is C16H26N2O2. The van der Waals surface area contributed by atoms with Crippen molar-refractivity contribution in [2.75, 3.05) is 26.7 Å². The van der Waals surface area contributed by atoms with Gasteiger partial charge in [0.1, 0.15) is 5.75 Å². The van der Waals surface area contributed by atoms with Crippen LogP contribution in [0.15, 0.2) is 24.3 Å². The predicted octanol–water partition coefficient (Wildman–Crippen LogP) is 2.07. The topological polar surface area (TPSA) is 55.6 Å². The van der Waals surface area contributed by atoms with E-state index in [1.54, 1.807) is 7.11 Å². The van der Waals surface area contributed by atoms with Crippen LogP contribution in [0.4, 0.5) is 0 Å². The minimum atomic E-state index is 0.00781. The van der Waals surface area contributed by atoms with Crippen molar-refractivity contribution in [2.45, 2.75) is 27.2 Å². The van der Waals surface area contributed by atoms with E-state index in [1.165, 1.54) is 5.56 Å². The predicted molar refractivity (Wildman–Crippen MR) is 81.8 cm³/mol. The number of nitrogens with zero attached hydrogens (tertiary/aromatic N) is 1. The van der Waals surface area contributed by atoms with Gasteiger partial charge in [-0.25, -0.2) is 0 Å². The van der Waals surface area contributed by atoms with Crippen LogP contribution >= 0.6 is 0 Å². The average Bonchev–Trinajstić information content (AvgIpc) is 2.42. The minimum Gasteiger partial charge on any atom is -0.497 e. The summed E-state index contributed by atoms with van der Waals surface area (Å²) in [7, 11) is 1.65. The van der Waals surface area contributed by atoms with E-state index in [4.69, 9.17) is 10.5 Å². The Morgan fingerprint density at radius 2 is 1.85 bits per heavy atom. The molecule has 0 saturated carbocycles. The van der Waals surface area contributed by atoms with Gasteiger partial charge in [-0.05, 0) is 29.5 Å². The lowest BCUT2D eigenvalue weighted by Crippen LogP contribution is -2.42. The van der Waals surface area contributed by atoms with Crippen molar-refractivity contribution in [3.05, 3.63) is 29.8 Å². The van der Waals surface area contributed by atoms with Gasteiger partial charge in [-0.2, -0.15) is 0 Å². The molecule has 0 unspecified atom stereocenters. The van der Waals surface area contributed by atoms with Crippen LogP contribution in [-0.4, -0.2) is 37.6 Å². The maximum atomic E-state index is 11.9. The number of methoxy groups -OCH3 is 1. The Balaban J connectivity index is 2.63. The zero-order valence-electron chi connectivity index (χ0n) is 13.0. The number of benzene rings is 1. The summed E-state index contributed by atoms with van der Waals surface area (Å²) in [4.78, 5) is 13.7. The Bertz CT molecular complexity index is 421. The van der Waals surface area contributed by atoms with Crippen molar-refractivity contribution in [3.8, 4) is 5.75 Å². The van der Waals surface area contributed by atoms with Gasteiger partial charge in [0.15, 0.2) is 0 Å². The molecule has 0 bridgehead atoms. The first-order valence-corrected chi connectivity index (χ1v) is 6.96. The molecule has 1 aromatic carbocycles. The van der Waals surface area contributed by atoms with Gasteiger partial charge in [-0.15, -0.1) is 0 Å². The highest BCUT2D eigenvalue weighted by Crippen LogP contribution is 2.16. The van der Waals surface area contributed by atoms with E-state index in [0.717, 1.165) is 18.7 Å². The van der Waals surface area contributed by atoms with Crippen LogP contribution in [0, 0.1) is 5.41 Å². The molecule has 0 aromatic heterocycles. The minimum absolute atomic E-state index is 0.00781. The second kappa shape index (κ2) is 7.29. The summed E-state index contributed by atoms with van der Waals surface area (Å²) in [5.41, 5.74) is 6.75. The fraction of sp³-hybridized carbons (Fsp3) is 0.562. The van der Waals surface area contributed by atoms with E-state index in [-0.39, 0.29) is 17.9 Å². The van der Waals surface area contributed by atoms with Crippen LogP contribution in [0.5, 0.6) is 5.75 Å². The van der Waals surface area contributed by atoms with Crippen molar-refractivity contribution < 1.29 is 9.53 Å². The molecule has 0 atom stereocenters. The molecule has 0 aliphatic carbocycles. The van der Waals surface area contributed by atoms with Crippen LogP contribution in [0.1, 0.15) is 26.3 Å². The molecule has 0 aliphatic rings. The first-order valence-electron chi connectivity index (χ1n) is 6.96. The molecule has 0 fully saturated rings. The highest BCUT2D eigenvalue weighted by Gasteiger charge is 2.19. The molecule has 1 aromatic rings. The molecule has 0 heterocycles. The summed E-state index contributed by atoms with van der Waals surface area (Å²) in [6.45, 7) is 7.85. The molecule has 0 radical (unpaired) electrons. The van der Waals surface area contributed by atoms with Gasteiger partial charge < -0.3 is 15.4 Å².